The summed E-state index contributed by atoms with van der Waals surface area (Å²) in [6.07, 6.45) is 0.819. The van der Waals surface area contributed by atoms with E-state index in [1.54, 1.807) is 7.11 Å². The maximum absolute atomic E-state index is 6.60. The highest BCUT2D eigenvalue weighted by Gasteiger charge is 2.14. The van der Waals surface area contributed by atoms with Crippen LogP contribution >= 0.6 is 27.5 Å². The van der Waals surface area contributed by atoms with Gasteiger partial charge in [-0.25, -0.2) is 0 Å². The summed E-state index contributed by atoms with van der Waals surface area (Å²) >= 11 is 10.2. The van der Waals surface area contributed by atoms with Crippen molar-refractivity contribution in [2.45, 2.75) is 25.6 Å². The molecule has 0 heterocycles. The van der Waals surface area contributed by atoms with Crippen molar-refractivity contribution in [2.75, 3.05) is 7.11 Å². The maximum atomic E-state index is 6.60. The third-order valence-corrected chi connectivity index (χ3v) is 4.53. The molecule has 0 aromatic heterocycles. The van der Waals surface area contributed by atoms with Crippen molar-refractivity contribution in [1.29, 1.82) is 0 Å². The Bertz CT molecular complexity index is 610. The Hall–Kier alpha value is -0.990. The molecule has 20 heavy (non-hydrogen) atoms. The summed E-state index contributed by atoms with van der Waals surface area (Å²) in [5.74, 6) is 0.830. The van der Waals surface area contributed by atoms with Crippen LogP contribution in [0.5, 0.6) is 5.75 Å². The number of hydrogen-bond acceptors (Lipinski definition) is 1. The Morgan fingerprint density at radius 3 is 2.55 bits per heavy atom. The van der Waals surface area contributed by atoms with Crippen LogP contribution in [0.1, 0.15) is 27.6 Å². The second-order valence-corrected chi connectivity index (χ2v) is 6.37. The van der Waals surface area contributed by atoms with Crippen LogP contribution in [-0.2, 0) is 6.42 Å². The lowest BCUT2D eigenvalue weighted by atomic mass is 9.98. The van der Waals surface area contributed by atoms with Gasteiger partial charge in [-0.2, -0.15) is 0 Å². The zero-order chi connectivity index (χ0) is 14.7. The van der Waals surface area contributed by atoms with Gasteiger partial charge >= 0.3 is 0 Å². The van der Waals surface area contributed by atoms with E-state index in [0.717, 1.165) is 22.2 Å². The molecule has 1 unspecified atom stereocenters. The molecular weight excluding hydrogens is 336 g/mol. The minimum absolute atomic E-state index is 0.0595. The standard InChI is InChI=1S/C17H18BrClO/c1-11-4-5-12(2)13(8-11)9-17(19)15-7-6-14(20-3)10-16(15)18/h4-8,10,17H,9H2,1-3H3. The highest BCUT2D eigenvalue weighted by atomic mass is 79.9. The van der Waals surface area contributed by atoms with Gasteiger partial charge in [0.1, 0.15) is 5.75 Å². The van der Waals surface area contributed by atoms with E-state index in [-0.39, 0.29) is 5.38 Å². The molecule has 0 N–H and O–H groups in total. The molecule has 3 heteroatoms. The number of aryl methyl sites for hydroxylation is 2. The maximum Gasteiger partial charge on any atom is 0.120 e. The molecule has 2 rings (SSSR count). The Labute approximate surface area is 134 Å². The quantitative estimate of drug-likeness (QED) is 0.650. The number of hydrogen-bond donors (Lipinski definition) is 0. The lowest BCUT2D eigenvalue weighted by Gasteiger charge is -2.15. The minimum atomic E-state index is -0.0595. The predicted molar refractivity (Wildman–Crippen MR) is 88.9 cm³/mol. The summed E-state index contributed by atoms with van der Waals surface area (Å²) < 4.78 is 6.20. The number of benzene rings is 2. The van der Waals surface area contributed by atoms with Gasteiger partial charge in [-0.1, -0.05) is 45.8 Å². The summed E-state index contributed by atoms with van der Waals surface area (Å²) in [6, 6.07) is 12.4. The molecule has 0 aliphatic heterocycles. The van der Waals surface area contributed by atoms with Crippen LogP contribution in [0.4, 0.5) is 0 Å². The first-order valence-electron chi connectivity index (χ1n) is 6.55. The van der Waals surface area contributed by atoms with E-state index in [1.165, 1.54) is 16.7 Å². The van der Waals surface area contributed by atoms with Gasteiger partial charge in [0, 0.05) is 4.47 Å². The van der Waals surface area contributed by atoms with E-state index < -0.39 is 0 Å². The summed E-state index contributed by atoms with van der Waals surface area (Å²) in [5, 5.41) is -0.0595. The number of ether oxygens (including phenoxy) is 1. The van der Waals surface area contributed by atoms with Gasteiger partial charge < -0.3 is 4.74 Å². The molecule has 0 aliphatic carbocycles. The Balaban J connectivity index is 2.23. The van der Waals surface area contributed by atoms with Gasteiger partial charge in [0.05, 0.1) is 12.5 Å². The van der Waals surface area contributed by atoms with Crippen molar-refractivity contribution in [2.24, 2.45) is 0 Å². The third kappa shape index (κ3) is 3.56. The van der Waals surface area contributed by atoms with E-state index in [9.17, 15) is 0 Å². The van der Waals surface area contributed by atoms with E-state index in [2.05, 4.69) is 48.0 Å². The normalized spacial score (nSPS) is 12.2. The fourth-order valence-corrected chi connectivity index (χ4v) is 3.33. The van der Waals surface area contributed by atoms with Crippen LogP contribution in [0.2, 0.25) is 0 Å². The second kappa shape index (κ2) is 6.64. The molecule has 0 saturated carbocycles. The SMILES string of the molecule is COc1ccc(C(Cl)Cc2cc(C)ccc2C)c(Br)c1. The smallest absolute Gasteiger partial charge is 0.120 e. The van der Waals surface area contributed by atoms with Gasteiger partial charge in [-0.15, -0.1) is 11.6 Å². The van der Waals surface area contributed by atoms with E-state index in [4.69, 9.17) is 16.3 Å². The lowest BCUT2D eigenvalue weighted by Crippen LogP contribution is -2.00. The molecule has 0 fully saturated rings. The predicted octanol–water partition coefficient (Wildman–Crippen LogP) is 5.60. The fraction of sp³-hybridized carbons (Fsp3) is 0.294. The van der Waals surface area contributed by atoms with Crippen LogP contribution in [0.15, 0.2) is 40.9 Å². The highest BCUT2D eigenvalue weighted by molar-refractivity contribution is 9.10. The molecule has 106 valence electrons. The molecule has 0 saturated heterocycles. The molecule has 1 atom stereocenters. The molecule has 0 spiro atoms. The van der Waals surface area contributed by atoms with E-state index in [1.807, 2.05) is 18.2 Å². The van der Waals surface area contributed by atoms with Crippen molar-refractivity contribution >= 4 is 27.5 Å². The largest absolute Gasteiger partial charge is 0.497 e. The third-order valence-electron chi connectivity index (χ3n) is 3.45. The number of rotatable bonds is 4. The molecule has 0 aliphatic rings. The van der Waals surface area contributed by atoms with Crippen molar-refractivity contribution < 1.29 is 4.74 Å². The van der Waals surface area contributed by atoms with E-state index >= 15 is 0 Å². The van der Waals surface area contributed by atoms with Crippen LogP contribution in [0.3, 0.4) is 0 Å². The van der Waals surface area contributed by atoms with Crippen molar-refractivity contribution in [3.05, 3.63) is 63.1 Å². The average Bonchev–Trinajstić information content (AvgIpc) is 2.42. The average molecular weight is 354 g/mol. The number of halogens is 2. The minimum Gasteiger partial charge on any atom is -0.497 e. The van der Waals surface area contributed by atoms with Gasteiger partial charge in [0.15, 0.2) is 0 Å². The summed E-state index contributed by atoms with van der Waals surface area (Å²) in [6.45, 7) is 4.23. The molecule has 0 amide bonds. The highest BCUT2D eigenvalue weighted by Crippen LogP contribution is 2.34. The first-order chi connectivity index (χ1) is 9.51. The molecule has 2 aromatic rings. The zero-order valence-electron chi connectivity index (χ0n) is 11.9. The van der Waals surface area contributed by atoms with Gasteiger partial charge in [-0.3, -0.25) is 0 Å². The number of methoxy groups -OCH3 is 1. The van der Waals surface area contributed by atoms with Crippen LogP contribution < -0.4 is 4.74 Å². The van der Waals surface area contributed by atoms with Gasteiger partial charge in [0.2, 0.25) is 0 Å². The van der Waals surface area contributed by atoms with Crippen LogP contribution in [-0.4, -0.2) is 7.11 Å². The summed E-state index contributed by atoms with van der Waals surface area (Å²) in [4.78, 5) is 0. The first-order valence-corrected chi connectivity index (χ1v) is 7.78. The van der Waals surface area contributed by atoms with Gasteiger partial charge in [-0.05, 0) is 49.1 Å². The molecule has 1 nitrogen and oxygen atoms in total. The molecular formula is C17H18BrClO. The second-order valence-electron chi connectivity index (χ2n) is 4.99. The van der Waals surface area contributed by atoms with Crippen molar-refractivity contribution in [3.8, 4) is 5.75 Å². The Kier molecular flexibility index (Phi) is 5.11. The Morgan fingerprint density at radius 1 is 1.15 bits per heavy atom. The molecule has 2 aromatic carbocycles. The summed E-state index contributed by atoms with van der Waals surface area (Å²) in [7, 11) is 1.66. The number of alkyl halides is 1. The molecule has 0 radical (unpaired) electrons. The fourth-order valence-electron chi connectivity index (χ4n) is 2.21. The van der Waals surface area contributed by atoms with Crippen molar-refractivity contribution in [3.63, 3.8) is 0 Å². The van der Waals surface area contributed by atoms with Gasteiger partial charge in [0.25, 0.3) is 0 Å². The molecule has 0 bridgehead atoms. The van der Waals surface area contributed by atoms with Crippen LogP contribution in [0.25, 0.3) is 0 Å². The van der Waals surface area contributed by atoms with Crippen LogP contribution in [0, 0.1) is 13.8 Å². The topological polar surface area (TPSA) is 9.23 Å². The van der Waals surface area contributed by atoms with E-state index in [0.29, 0.717) is 0 Å². The summed E-state index contributed by atoms with van der Waals surface area (Å²) in [5.41, 5.74) is 4.94. The Morgan fingerprint density at radius 2 is 1.90 bits per heavy atom. The first kappa shape index (κ1) is 15.4. The monoisotopic (exact) mass is 352 g/mol. The van der Waals surface area contributed by atoms with Crippen molar-refractivity contribution in [1.82, 2.24) is 0 Å². The lowest BCUT2D eigenvalue weighted by molar-refractivity contribution is 0.414. The zero-order valence-corrected chi connectivity index (χ0v) is 14.3.